The van der Waals surface area contributed by atoms with Gasteiger partial charge in [-0.3, -0.25) is 0 Å². The zero-order valence-electron chi connectivity index (χ0n) is 9.81. The molecule has 0 amide bonds. The Morgan fingerprint density at radius 3 is 2.53 bits per heavy atom. The van der Waals surface area contributed by atoms with Gasteiger partial charge in [-0.15, -0.1) is 0 Å². The highest BCUT2D eigenvalue weighted by molar-refractivity contribution is 6.30. The predicted molar refractivity (Wildman–Crippen MR) is 67.5 cm³/mol. The first-order valence-electron chi connectivity index (χ1n) is 5.28. The van der Waals surface area contributed by atoms with Crippen LogP contribution in [0.3, 0.4) is 0 Å². The minimum absolute atomic E-state index is 0.131. The molecule has 94 valence electrons. The molecule has 17 heavy (non-hydrogen) atoms. The van der Waals surface area contributed by atoms with Crippen molar-refractivity contribution in [2.45, 2.75) is 13.0 Å². The predicted octanol–water partition coefficient (Wildman–Crippen LogP) is 2.49. The van der Waals surface area contributed by atoms with E-state index in [9.17, 15) is 4.79 Å². The molecule has 0 fully saturated rings. The van der Waals surface area contributed by atoms with Gasteiger partial charge >= 0.3 is 5.97 Å². The lowest BCUT2D eigenvalue weighted by molar-refractivity contribution is -0.139. The maximum absolute atomic E-state index is 11.1. The van der Waals surface area contributed by atoms with E-state index in [1.165, 1.54) is 0 Å². The lowest BCUT2D eigenvalue weighted by atomic mass is 10.0. The Morgan fingerprint density at radius 1 is 1.47 bits per heavy atom. The van der Waals surface area contributed by atoms with Crippen LogP contribution in [0.15, 0.2) is 24.3 Å². The van der Waals surface area contributed by atoms with E-state index in [1.54, 1.807) is 31.4 Å². The first-order valence-corrected chi connectivity index (χ1v) is 5.66. The van der Waals surface area contributed by atoms with Crippen molar-refractivity contribution < 1.29 is 14.6 Å². The normalized spacial score (nSPS) is 14.1. The molecule has 1 aromatic rings. The van der Waals surface area contributed by atoms with Crippen LogP contribution in [0.1, 0.15) is 6.92 Å². The van der Waals surface area contributed by atoms with Gasteiger partial charge in [0.2, 0.25) is 0 Å². The molecule has 0 radical (unpaired) electrons. The van der Waals surface area contributed by atoms with Gasteiger partial charge in [0, 0.05) is 23.7 Å². The zero-order valence-corrected chi connectivity index (χ0v) is 10.6. The molecule has 0 aliphatic heterocycles. The molecular weight excluding hydrogens is 242 g/mol. The monoisotopic (exact) mass is 257 g/mol. The number of benzene rings is 1. The highest BCUT2D eigenvalue weighted by Gasteiger charge is 2.24. The van der Waals surface area contributed by atoms with Gasteiger partial charge < -0.3 is 15.2 Å². The Bertz CT molecular complexity index is 367. The number of aliphatic carboxylic acids is 1. The van der Waals surface area contributed by atoms with Crippen LogP contribution in [0.5, 0.6) is 0 Å². The first-order chi connectivity index (χ1) is 8.04. The molecule has 4 nitrogen and oxygen atoms in total. The third-order valence-corrected chi connectivity index (χ3v) is 2.68. The molecule has 2 unspecified atom stereocenters. The number of halogens is 1. The molecule has 2 atom stereocenters. The van der Waals surface area contributed by atoms with E-state index in [1.807, 2.05) is 6.92 Å². The van der Waals surface area contributed by atoms with Crippen molar-refractivity contribution in [2.75, 3.05) is 19.0 Å². The summed E-state index contributed by atoms with van der Waals surface area (Å²) < 4.78 is 4.97. The highest BCUT2D eigenvalue weighted by Crippen LogP contribution is 2.17. The maximum Gasteiger partial charge on any atom is 0.326 e. The van der Waals surface area contributed by atoms with Crippen LogP contribution in [0.2, 0.25) is 5.02 Å². The molecule has 0 spiro atoms. The Kier molecular flexibility index (Phi) is 5.25. The van der Waals surface area contributed by atoms with Crippen molar-refractivity contribution in [3.8, 4) is 0 Å². The van der Waals surface area contributed by atoms with Gasteiger partial charge in [-0.1, -0.05) is 18.5 Å². The lowest BCUT2D eigenvalue weighted by Gasteiger charge is -2.21. The average molecular weight is 258 g/mol. The van der Waals surface area contributed by atoms with Gasteiger partial charge in [0.25, 0.3) is 0 Å². The second kappa shape index (κ2) is 6.47. The smallest absolute Gasteiger partial charge is 0.326 e. The van der Waals surface area contributed by atoms with Gasteiger partial charge in [0.05, 0.1) is 6.61 Å². The fourth-order valence-corrected chi connectivity index (χ4v) is 1.66. The summed E-state index contributed by atoms with van der Waals surface area (Å²) in [6, 6.07) is 6.24. The summed E-state index contributed by atoms with van der Waals surface area (Å²) in [6.07, 6.45) is 0. The Balaban J connectivity index is 2.73. The maximum atomic E-state index is 11.1. The molecule has 0 aliphatic carbocycles. The van der Waals surface area contributed by atoms with E-state index in [0.29, 0.717) is 11.6 Å². The summed E-state index contributed by atoms with van der Waals surface area (Å²) in [5.74, 6) is -1.03. The molecule has 0 aliphatic rings. The van der Waals surface area contributed by atoms with Crippen LogP contribution in [0.25, 0.3) is 0 Å². The average Bonchev–Trinajstić information content (AvgIpc) is 2.28. The number of anilines is 1. The lowest BCUT2D eigenvalue weighted by Crippen LogP contribution is -2.37. The molecule has 0 aromatic heterocycles. The summed E-state index contributed by atoms with van der Waals surface area (Å²) in [4.78, 5) is 11.1. The van der Waals surface area contributed by atoms with Crippen LogP contribution in [0, 0.1) is 5.92 Å². The summed E-state index contributed by atoms with van der Waals surface area (Å²) in [5.41, 5.74) is 0.727. The molecule has 5 heteroatoms. The number of rotatable bonds is 6. The summed E-state index contributed by atoms with van der Waals surface area (Å²) in [5, 5.41) is 12.7. The number of ether oxygens (including phenoxy) is 1. The highest BCUT2D eigenvalue weighted by atomic mass is 35.5. The van der Waals surface area contributed by atoms with Gasteiger partial charge in [0.1, 0.15) is 6.04 Å². The van der Waals surface area contributed by atoms with Gasteiger partial charge in [0.15, 0.2) is 0 Å². The largest absolute Gasteiger partial charge is 0.480 e. The number of methoxy groups -OCH3 is 1. The molecule has 1 aromatic carbocycles. The second-order valence-corrected chi connectivity index (χ2v) is 4.34. The molecule has 0 bridgehead atoms. The van der Waals surface area contributed by atoms with E-state index < -0.39 is 12.0 Å². The molecule has 1 rings (SSSR count). The van der Waals surface area contributed by atoms with Gasteiger partial charge in [-0.05, 0) is 24.3 Å². The van der Waals surface area contributed by atoms with Crippen LogP contribution >= 0.6 is 11.6 Å². The fraction of sp³-hybridized carbons (Fsp3) is 0.417. The third kappa shape index (κ3) is 4.24. The number of carbonyl (C=O) groups is 1. The van der Waals surface area contributed by atoms with Crippen LogP contribution in [-0.2, 0) is 9.53 Å². The molecule has 0 heterocycles. The SMILES string of the molecule is COCC(C)C(Nc1ccc(Cl)cc1)C(=O)O. The van der Waals surface area contributed by atoms with Crippen LogP contribution < -0.4 is 5.32 Å². The second-order valence-electron chi connectivity index (χ2n) is 3.90. The standard InChI is InChI=1S/C12H16ClNO3/c1-8(7-17-2)11(12(15)16)14-10-5-3-9(13)4-6-10/h3-6,8,11,14H,7H2,1-2H3,(H,15,16). The quantitative estimate of drug-likeness (QED) is 0.822. The molecule has 2 N–H and O–H groups in total. The number of hydrogen-bond donors (Lipinski definition) is 2. The number of carboxylic acids is 1. The topological polar surface area (TPSA) is 58.6 Å². The Morgan fingerprint density at radius 2 is 2.06 bits per heavy atom. The van der Waals surface area contributed by atoms with Crippen LogP contribution in [-0.4, -0.2) is 30.8 Å². The van der Waals surface area contributed by atoms with Crippen molar-refractivity contribution in [1.29, 1.82) is 0 Å². The number of carboxylic acid groups (broad SMARTS) is 1. The van der Waals surface area contributed by atoms with E-state index in [0.717, 1.165) is 5.69 Å². The van der Waals surface area contributed by atoms with Crippen molar-refractivity contribution in [3.05, 3.63) is 29.3 Å². The molecule has 0 saturated heterocycles. The summed E-state index contributed by atoms with van der Waals surface area (Å²) >= 11 is 5.76. The Hall–Kier alpha value is -1.26. The van der Waals surface area contributed by atoms with Crippen molar-refractivity contribution in [1.82, 2.24) is 0 Å². The summed E-state index contributed by atoms with van der Waals surface area (Å²) in [6.45, 7) is 2.21. The van der Waals surface area contributed by atoms with E-state index >= 15 is 0 Å². The van der Waals surface area contributed by atoms with Gasteiger partial charge in [-0.25, -0.2) is 4.79 Å². The minimum Gasteiger partial charge on any atom is -0.480 e. The van der Waals surface area contributed by atoms with E-state index in [-0.39, 0.29) is 5.92 Å². The van der Waals surface area contributed by atoms with E-state index in [2.05, 4.69) is 5.32 Å². The van der Waals surface area contributed by atoms with Crippen LogP contribution in [0.4, 0.5) is 5.69 Å². The minimum atomic E-state index is -0.899. The van der Waals surface area contributed by atoms with Crippen molar-refractivity contribution in [3.63, 3.8) is 0 Å². The van der Waals surface area contributed by atoms with Crippen molar-refractivity contribution in [2.24, 2.45) is 5.92 Å². The van der Waals surface area contributed by atoms with E-state index in [4.69, 9.17) is 21.4 Å². The Labute approximate surface area is 106 Å². The third-order valence-electron chi connectivity index (χ3n) is 2.43. The molecular formula is C12H16ClNO3. The van der Waals surface area contributed by atoms with Gasteiger partial charge in [-0.2, -0.15) is 0 Å². The summed E-state index contributed by atoms with van der Waals surface area (Å²) in [7, 11) is 1.55. The van der Waals surface area contributed by atoms with Crippen molar-refractivity contribution >= 4 is 23.3 Å². The first kappa shape index (κ1) is 13.8. The zero-order chi connectivity index (χ0) is 12.8. The molecule has 0 saturated carbocycles. The fourth-order valence-electron chi connectivity index (χ4n) is 1.53. The number of hydrogen-bond acceptors (Lipinski definition) is 3. The number of nitrogens with one attached hydrogen (secondary N) is 1.